The molecule has 0 aliphatic carbocycles. The first-order valence-electron chi connectivity index (χ1n) is 38.9. The predicted molar refractivity (Wildman–Crippen MR) is 466 cm³/mol. The molecule has 3 fully saturated rings. The number of nitrogens with two attached hydrogens (primary N) is 4. The van der Waals surface area contributed by atoms with Gasteiger partial charge in [-0.3, -0.25) is 14.4 Å². The zero-order chi connectivity index (χ0) is 81.4. The van der Waals surface area contributed by atoms with Crippen molar-refractivity contribution in [3.63, 3.8) is 0 Å². The van der Waals surface area contributed by atoms with Crippen molar-refractivity contribution >= 4 is 237 Å². The van der Waals surface area contributed by atoms with E-state index in [1.807, 2.05) is 159 Å². The number of nitrogen functional groups attached to an aromatic ring is 1. The molecule has 0 bridgehead atoms. The van der Waals surface area contributed by atoms with Gasteiger partial charge in [-0.05, 0) is 202 Å². The van der Waals surface area contributed by atoms with Crippen molar-refractivity contribution in [2.24, 2.45) is 17.2 Å². The van der Waals surface area contributed by atoms with Crippen molar-refractivity contribution in [2.45, 2.75) is 184 Å². The molecule has 0 saturated carbocycles. The van der Waals surface area contributed by atoms with Gasteiger partial charge in [0.25, 0.3) is 0 Å². The van der Waals surface area contributed by atoms with E-state index in [1.165, 1.54) is 212 Å². The monoisotopic (exact) mass is 1720 g/mol. The number of carbonyl (C=O) groups is 5. The van der Waals surface area contributed by atoms with E-state index in [2.05, 4.69) is 86.8 Å². The summed E-state index contributed by atoms with van der Waals surface area (Å²) in [4.78, 5) is 88.2. The molecule has 5 amide bonds. The minimum absolute atomic E-state index is 0. The molecule has 3 aromatic heterocycles. The van der Waals surface area contributed by atoms with Crippen LogP contribution in [0, 0.1) is 20.8 Å². The Labute approximate surface area is 819 Å². The van der Waals surface area contributed by atoms with Gasteiger partial charge >= 0.3 is 202 Å². The quantitative estimate of drug-likeness (QED) is 0.0239. The van der Waals surface area contributed by atoms with Gasteiger partial charge in [0, 0.05) is 111 Å². The van der Waals surface area contributed by atoms with E-state index in [-0.39, 0.29) is 76.7 Å². The number of primary amides is 3. The number of amides is 5. The maximum absolute atomic E-state index is 12.2. The molecule has 0 spiro atoms. The number of benzene rings is 6. The van der Waals surface area contributed by atoms with Gasteiger partial charge in [0.05, 0.1) is 19.3 Å². The van der Waals surface area contributed by atoms with Crippen LogP contribution in [0.3, 0.4) is 0 Å². The van der Waals surface area contributed by atoms with E-state index in [9.17, 15) is 24.0 Å². The molecule has 6 aromatic carbocycles. The summed E-state index contributed by atoms with van der Waals surface area (Å²) in [7, 11) is 0. The Morgan fingerprint density at radius 3 is 1.02 bits per heavy atom. The molecule has 3 aliphatic heterocycles. The Morgan fingerprint density at radius 2 is 0.719 bits per heavy atom. The Balaban J connectivity index is 0.000000395. The number of nitrogens with one attached hydrogen (secondary N) is 1. The van der Waals surface area contributed by atoms with Crippen molar-refractivity contribution in [3.8, 4) is 0 Å². The number of likely N-dealkylation sites (tertiary alicyclic amines) is 2. The van der Waals surface area contributed by atoms with Gasteiger partial charge in [0.15, 0.2) is 0 Å². The first kappa shape index (κ1) is 108. The second kappa shape index (κ2) is 56.3. The molecule has 3 saturated heterocycles. The van der Waals surface area contributed by atoms with Crippen LogP contribution in [0.25, 0.3) is 0 Å². The van der Waals surface area contributed by atoms with Gasteiger partial charge in [-0.2, -0.15) is 0 Å². The molecule has 0 atom stereocenters. The van der Waals surface area contributed by atoms with E-state index in [1.54, 1.807) is 16.0 Å². The van der Waals surface area contributed by atoms with Gasteiger partial charge < -0.3 is 47.5 Å². The molecule has 3 aliphatic rings. The van der Waals surface area contributed by atoms with Crippen LogP contribution in [0.1, 0.15) is 188 Å². The Morgan fingerprint density at radius 1 is 0.430 bits per heavy atom. The fourth-order valence-corrected chi connectivity index (χ4v) is 12.6. The summed E-state index contributed by atoms with van der Waals surface area (Å²) in [6, 6.07) is 48.9. The first-order valence-corrected chi connectivity index (χ1v) is 87.3. The molecule has 6 heterocycles. The van der Waals surface area contributed by atoms with Crippen molar-refractivity contribution in [2.75, 3.05) is 45.0 Å². The average molecular weight is 1720 g/mol. The van der Waals surface area contributed by atoms with Gasteiger partial charge in [-0.15, -0.1) is 0 Å². The van der Waals surface area contributed by atoms with Crippen molar-refractivity contribution in [3.05, 3.63) is 276 Å². The number of ether oxygens (including phenoxy) is 2. The standard InChI is InChI=1S/C30H36N4O3.C25H28N4O.C15H16ClN3O.C14H20N2O2.3CH4.6K/c1-20-17-32-28(33-26(20)14-13-22-7-5-6-8-24(22)16-27(31)35)15-21-9-11-23(12-10-21)25-18-34(19-25)29(36)37-30(2,3)4;1-17-14-28-25(12-18-6-8-20(9-7-18)22-15-27-16-22)29-23(17)11-10-19-4-2-3-5-21(19)13-24(26)30;1-10-9-18-15(16)19-13(10)7-6-11-4-2-3-5-12(11)8-14(17)20;1-14(2,3)18-13(17)16-8-11(9-16)10-4-6-12(15)7-5-10;;;;;;;;;/h5-12,17,25H,13-16,18-19H2,1-4H3,(H2,31,35);2-9,14,22,27H,10-13,15-16H2,1H3,(H2,26,30);2-5,9H,6-8H2,1H3,(H2,17,20);4-7,11H,8-9,15H2,1-3H3;3*1H4;;;;;;. The van der Waals surface area contributed by atoms with E-state index in [0.29, 0.717) is 37.3 Å². The van der Waals surface area contributed by atoms with E-state index < -0.39 is 11.2 Å². The summed E-state index contributed by atoms with van der Waals surface area (Å²) >= 11 is 13.3. The third kappa shape index (κ3) is 38.2. The van der Waals surface area contributed by atoms with Crippen molar-refractivity contribution < 1.29 is 33.4 Å². The molecule has 20 nitrogen and oxygen atoms in total. The Kier molecular flexibility index (Phi) is 53.1. The summed E-state index contributed by atoms with van der Waals surface area (Å²) in [5.41, 5.74) is 40.3. The van der Waals surface area contributed by atoms with Gasteiger partial charge in [0.1, 0.15) is 22.9 Å². The van der Waals surface area contributed by atoms with Crippen LogP contribution in [0.5, 0.6) is 0 Å². The van der Waals surface area contributed by atoms with Crippen LogP contribution in [-0.4, -0.2) is 310 Å². The van der Waals surface area contributed by atoms with Crippen LogP contribution >= 0.6 is 11.6 Å². The summed E-state index contributed by atoms with van der Waals surface area (Å²) in [6.45, 7) is 22.3. The number of halogens is 1. The van der Waals surface area contributed by atoms with Crippen molar-refractivity contribution in [1.82, 2.24) is 45.0 Å². The number of nitrogens with zero attached hydrogens (tertiary/aromatic N) is 8. The topological polar surface area (TPSA) is 304 Å². The van der Waals surface area contributed by atoms with Gasteiger partial charge in [-0.25, -0.2) is 39.5 Å². The van der Waals surface area contributed by atoms with Crippen molar-refractivity contribution in [1.29, 1.82) is 0 Å². The summed E-state index contributed by atoms with van der Waals surface area (Å²) < 4.78 is 10.8. The second-order valence-corrected chi connectivity index (χ2v) is 29.7. The normalized spacial score (nSPS) is 12.7. The number of aromatic nitrogens is 6. The number of aryl methyl sites for hydroxylation is 9. The van der Waals surface area contributed by atoms with E-state index in [0.717, 1.165) is 161 Å². The Hall–Kier alpha value is -0.622. The molecule has 9 N–H and O–H groups in total. The summed E-state index contributed by atoms with van der Waals surface area (Å²) in [5.74, 6) is 2.08. The Bertz CT molecular complexity index is 4460. The minimum atomic E-state index is -0.475. The van der Waals surface area contributed by atoms with Crippen LogP contribution in [-0.2, 0) is 94.5 Å². The molecule has 0 radical (unpaired) electrons. The summed E-state index contributed by atoms with van der Waals surface area (Å²) in [6.07, 6.45) is 12.0. The molecule has 27 heteroatoms. The molecule has 580 valence electrons. The van der Waals surface area contributed by atoms with Gasteiger partial charge in [0.2, 0.25) is 23.0 Å². The number of anilines is 1. The number of carbonyl (C=O) groups excluding carboxylic acids is 5. The number of rotatable bonds is 22. The van der Waals surface area contributed by atoms with E-state index >= 15 is 0 Å². The zero-order valence-corrected chi connectivity index (χ0v) is 87.5. The fourth-order valence-electron chi connectivity index (χ4n) is 12.5. The third-order valence-electron chi connectivity index (χ3n) is 18.5. The number of hydrogen-bond donors (Lipinski definition) is 5. The van der Waals surface area contributed by atoms with Gasteiger partial charge in [-0.1, -0.05) is 156 Å². The summed E-state index contributed by atoms with van der Waals surface area (Å²) in [5, 5.41) is 3.58. The maximum atomic E-state index is 12.2. The fraction of sp³-hybridized carbons (Fsp3) is 0.391. The molecule has 12 rings (SSSR count). The second-order valence-electron chi connectivity index (χ2n) is 29.4. The van der Waals surface area contributed by atoms with E-state index in [4.69, 9.17) is 54.0 Å². The zero-order valence-electron chi connectivity index (χ0n) is 68.0. The number of hydrogen-bond acceptors (Lipinski definition) is 15. The van der Waals surface area contributed by atoms with Crippen LogP contribution < -0.4 is 28.3 Å². The SMILES string of the molecule is C.C.C.CC(C)(C)OC(=O)N1CC(c2ccc(N)cc2)C1.Cc1cnc(Cc2ccc(C3CN(C(=O)OC(C)(C)C)C3)cc2)nc1CCc1ccccc1CC(N)=O.Cc1cnc(Cc2ccc(C3CNC3)cc2)nc1CCc1ccccc1CC(N)=O.Cc1cnc(Cl)nc1CCc1ccccc1CC(N)=O.[K][K].[K][K].[K][K]. The molecule has 0 unspecified atom stereocenters. The molecule has 9 aromatic rings. The third-order valence-corrected chi connectivity index (χ3v) is 18.7. The predicted octanol–water partition coefficient (Wildman–Crippen LogP) is 11.9. The van der Waals surface area contributed by atoms with Crippen LogP contribution in [0.15, 0.2) is 164 Å². The first-order chi connectivity index (χ1) is 53.1. The van der Waals surface area contributed by atoms with Crippen LogP contribution in [0.4, 0.5) is 15.3 Å². The van der Waals surface area contributed by atoms with Crippen LogP contribution in [0.2, 0.25) is 5.28 Å². The average Bonchev–Trinajstić information content (AvgIpc) is 0.804. The molecular weight excluding hydrogens is 1610 g/mol. The molecule has 114 heavy (non-hydrogen) atoms. The molecular formula is C87H112ClK6N13O7.